The van der Waals surface area contributed by atoms with E-state index < -0.39 is 29.2 Å². The van der Waals surface area contributed by atoms with Crippen molar-refractivity contribution in [3.8, 4) is 11.5 Å². The van der Waals surface area contributed by atoms with Crippen LogP contribution >= 0.6 is 11.6 Å². The number of carbonyl (C=O) groups is 2. The van der Waals surface area contributed by atoms with Gasteiger partial charge in [0.25, 0.3) is 0 Å². The Balaban J connectivity index is 2.60. The van der Waals surface area contributed by atoms with Gasteiger partial charge in [-0.15, -0.1) is 0 Å². The fourth-order valence-corrected chi connectivity index (χ4v) is 1.64. The normalized spacial score (nSPS) is 10.4. The van der Waals surface area contributed by atoms with Crippen LogP contribution in [-0.2, 0) is 0 Å². The van der Waals surface area contributed by atoms with Gasteiger partial charge in [0, 0.05) is 0 Å². The van der Waals surface area contributed by atoms with Gasteiger partial charge in [-0.1, -0.05) is 11.6 Å². The Morgan fingerprint density at radius 1 is 1.26 bits per heavy atom. The molecule has 1 heterocycles. The summed E-state index contributed by atoms with van der Waals surface area (Å²) < 4.78 is 17.7. The highest BCUT2D eigenvalue weighted by atomic mass is 35.5. The first kappa shape index (κ1) is 13.0. The third-order valence-corrected chi connectivity index (χ3v) is 2.50. The summed E-state index contributed by atoms with van der Waals surface area (Å²) in [5.74, 6) is -4.85. The second kappa shape index (κ2) is 4.69. The van der Waals surface area contributed by atoms with Gasteiger partial charge in [0.1, 0.15) is 5.82 Å². The molecule has 1 aromatic carbocycles. The summed E-state index contributed by atoms with van der Waals surface area (Å²) in [6, 6.07) is 3.25. The van der Waals surface area contributed by atoms with Crippen molar-refractivity contribution in [2.24, 2.45) is 0 Å². The Bertz CT molecular complexity index is 650. The molecule has 0 aliphatic heterocycles. The van der Waals surface area contributed by atoms with Crippen LogP contribution in [0.4, 0.5) is 4.39 Å². The molecule has 2 N–H and O–H groups in total. The minimum Gasteiger partial charge on any atom is -0.476 e. The Hall–Kier alpha value is -2.41. The highest BCUT2D eigenvalue weighted by molar-refractivity contribution is 6.33. The van der Waals surface area contributed by atoms with Crippen LogP contribution in [0.1, 0.15) is 21.0 Å². The van der Waals surface area contributed by atoms with Gasteiger partial charge in [-0.05, 0) is 18.2 Å². The number of halogens is 2. The number of benzene rings is 1. The number of aromatic nitrogens is 1. The lowest BCUT2D eigenvalue weighted by molar-refractivity contribution is 0.0624. The van der Waals surface area contributed by atoms with Gasteiger partial charge < -0.3 is 14.6 Å². The Morgan fingerprint density at radius 2 is 1.95 bits per heavy atom. The van der Waals surface area contributed by atoms with Crippen molar-refractivity contribution in [3.05, 3.63) is 40.5 Å². The number of hydrogen-bond donors (Lipinski definition) is 2. The van der Waals surface area contributed by atoms with Gasteiger partial charge >= 0.3 is 11.9 Å². The summed E-state index contributed by atoms with van der Waals surface area (Å²) in [5, 5.41) is 17.5. The maximum Gasteiger partial charge on any atom is 0.374 e. The average Bonchev–Trinajstić information content (AvgIpc) is 2.73. The molecule has 0 saturated heterocycles. The minimum absolute atomic E-state index is 0.0740. The topological polar surface area (TPSA) is 101 Å². The third-order valence-electron chi connectivity index (χ3n) is 2.19. The summed E-state index contributed by atoms with van der Waals surface area (Å²) in [6.07, 6.45) is 0. The summed E-state index contributed by atoms with van der Waals surface area (Å²) in [6.45, 7) is 0. The molecule has 8 heteroatoms. The van der Waals surface area contributed by atoms with E-state index in [1.54, 1.807) is 0 Å². The fraction of sp³-hybridized carbons (Fsp3) is 0. The Labute approximate surface area is 110 Å². The number of nitrogens with zero attached hydrogens (tertiary/aromatic N) is 1. The molecule has 0 aliphatic carbocycles. The van der Waals surface area contributed by atoms with Crippen LogP contribution in [0.25, 0.3) is 11.5 Å². The van der Waals surface area contributed by atoms with Crippen LogP contribution in [0.2, 0.25) is 5.02 Å². The number of aromatic carboxylic acids is 2. The second-order valence-corrected chi connectivity index (χ2v) is 3.84. The van der Waals surface area contributed by atoms with Crippen molar-refractivity contribution in [1.82, 2.24) is 4.98 Å². The smallest absolute Gasteiger partial charge is 0.374 e. The second-order valence-electron chi connectivity index (χ2n) is 3.43. The molecule has 0 radical (unpaired) electrons. The molecule has 0 unspecified atom stereocenters. The third kappa shape index (κ3) is 2.41. The molecule has 0 bridgehead atoms. The predicted octanol–water partition coefficient (Wildman–Crippen LogP) is 2.53. The maximum absolute atomic E-state index is 12.9. The highest BCUT2D eigenvalue weighted by Gasteiger charge is 2.26. The lowest BCUT2D eigenvalue weighted by Gasteiger charge is -1.98. The van der Waals surface area contributed by atoms with Crippen LogP contribution in [0, 0.1) is 5.82 Å². The van der Waals surface area contributed by atoms with Crippen LogP contribution in [0.3, 0.4) is 0 Å². The molecule has 0 aliphatic rings. The number of carboxylic acids is 2. The van der Waals surface area contributed by atoms with Crippen LogP contribution in [0.5, 0.6) is 0 Å². The van der Waals surface area contributed by atoms with E-state index in [2.05, 4.69) is 4.98 Å². The van der Waals surface area contributed by atoms with Gasteiger partial charge in [0.2, 0.25) is 17.3 Å². The van der Waals surface area contributed by atoms with Gasteiger partial charge in [-0.3, -0.25) is 0 Å². The SMILES string of the molecule is O=C(O)c1nc(-c2ccc(F)cc2Cl)oc1C(=O)O. The van der Waals surface area contributed by atoms with Gasteiger partial charge in [-0.2, -0.15) is 0 Å². The van der Waals surface area contributed by atoms with Crippen molar-refractivity contribution in [2.45, 2.75) is 0 Å². The lowest BCUT2D eigenvalue weighted by atomic mass is 10.2. The van der Waals surface area contributed by atoms with Crippen molar-refractivity contribution < 1.29 is 28.6 Å². The zero-order valence-corrected chi connectivity index (χ0v) is 9.81. The minimum atomic E-state index is -1.57. The van der Waals surface area contributed by atoms with E-state index in [1.165, 1.54) is 6.07 Å². The quantitative estimate of drug-likeness (QED) is 0.898. The van der Waals surface area contributed by atoms with E-state index in [9.17, 15) is 14.0 Å². The predicted molar refractivity (Wildman–Crippen MR) is 60.8 cm³/mol. The molecule has 0 atom stereocenters. The molecule has 2 rings (SSSR count). The standard InChI is InChI=1S/C11H5ClFNO5/c12-6-3-4(13)1-2-5(6)9-14-7(10(15)16)8(19-9)11(17)18/h1-3H,(H,15,16)(H,17,18). The molecule has 0 amide bonds. The first-order valence-corrected chi connectivity index (χ1v) is 5.20. The lowest BCUT2D eigenvalue weighted by Crippen LogP contribution is -2.05. The molecule has 1 aromatic heterocycles. The zero-order chi connectivity index (χ0) is 14.2. The van der Waals surface area contributed by atoms with Crippen LogP contribution in [-0.4, -0.2) is 27.1 Å². The van der Waals surface area contributed by atoms with E-state index in [4.69, 9.17) is 26.2 Å². The van der Waals surface area contributed by atoms with Crippen molar-refractivity contribution in [2.75, 3.05) is 0 Å². The summed E-state index contributed by atoms with van der Waals surface area (Å²) in [4.78, 5) is 25.2. The first-order chi connectivity index (χ1) is 8.90. The largest absolute Gasteiger partial charge is 0.476 e. The number of rotatable bonds is 3. The number of hydrogen-bond acceptors (Lipinski definition) is 4. The summed E-state index contributed by atoms with van der Waals surface area (Å²) >= 11 is 5.75. The van der Waals surface area contributed by atoms with E-state index >= 15 is 0 Å². The Kier molecular flexibility index (Phi) is 3.22. The Morgan fingerprint density at radius 3 is 2.42 bits per heavy atom. The van der Waals surface area contributed by atoms with E-state index in [-0.39, 0.29) is 16.5 Å². The molecule has 0 spiro atoms. The van der Waals surface area contributed by atoms with Gasteiger partial charge in [-0.25, -0.2) is 19.0 Å². The van der Waals surface area contributed by atoms with E-state index in [0.717, 1.165) is 12.1 Å². The maximum atomic E-state index is 12.9. The molecule has 98 valence electrons. The molecular weight excluding hydrogens is 281 g/mol. The molecule has 6 nitrogen and oxygen atoms in total. The highest BCUT2D eigenvalue weighted by Crippen LogP contribution is 2.29. The fourth-order valence-electron chi connectivity index (χ4n) is 1.39. The number of oxazole rings is 1. The number of carboxylic acid groups (broad SMARTS) is 2. The van der Waals surface area contributed by atoms with Gasteiger partial charge in [0.05, 0.1) is 10.6 Å². The van der Waals surface area contributed by atoms with Crippen molar-refractivity contribution in [1.29, 1.82) is 0 Å². The van der Waals surface area contributed by atoms with E-state index in [0.29, 0.717) is 0 Å². The van der Waals surface area contributed by atoms with Crippen molar-refractivity contribution in [3.63, 3.8) is 0 Å². The average molecular weight is 286 g/mol. The molecule has 0 saturated carbocycles. The van der Waals surface area contributed by atoms with Crippen molar-refractivity contribution >= 4 is 23.5 Å². The molecular formula is C11H5ClFNO5. The molecule has 19 heavy (non-hydrogen) atoms. The van der Waals surface area contributed by atoms with Crippen LogP contribution in [0.15, 0.2) is 22.6 Å². The molecule has 0 fully saturated rings. The summed E-state index contributed by atoms with van der Waals surface area (Å²) in [5.41, 5.74) is -0.652. The zero-order valence-electron chi connectivity index (χ0n) is 9.05. The summed E-state index contributed by atoms with van der Waals surface area (Å²) in [7, 11) is 0. The monoisotopic (exact) mass is 285 g/mol. The first-order valence-electron chi connectivity index (χ1n) is 4.83. The van der Waals surface area contributed by atoms with Crippen LogP contribution < -0.4 is 0 Å². The van der Waals surface area contributed by atoms with E-state index in [1.807, 2.05) is 0 Å². The molecule has 2 aromatic rings. The van der Waals surface area contributed by atoms with Gasteiger partial charge in [0.15, 0.2) is 0 Å².